The Morgan fingerprint density at radius 3 is 2.20 bits per heavy atom. The number of fused-ring (bicyclic) bond motifs is 1. The lowest BCUT2D eigenvalue weighted by molar-refractivity contribution is -0.136. The molecule has 3 fully saturated rings. The van der Waals surface area contributed by atoms with Gasteiger partial charge in [-0.3, -0.25) is 24.6 Å². The summed E-state index contributed by atoms with van der Waals surface area (Å²) in [6.45, 7) is 1.46. The van der Waals surface area contributed by atoms with Crippen molar-refractivity contribution in [3.05, 3.63) is 64.7 Å². The molecule has 40 heavy (non-hydrogen) atoms. The number of thioether (sulfide) groups is 1. The van der Waals surface area contributed by atoms with Crippen LogP contribution in [0.15, 0.2) is 47.4 Å². The first-order chi connectivity index (χ1) is 19.6. The third-order valence-electron chi connectivity index (χ3n) is 9.38. The van der Waals surface area contributed by atoms with E-state index in [1.54, 1.807) is 16.7 Å². The third kappa shape index (κ3) is 6.01. The summed E-state index contributed by atoms with van der Waals surface area (Å²) in [4.78, 5) is 42.9. The molecule has 2 heterocycles. The first kappa shape index (κ1) is 27.5. The highest BCUT2D eigenvalue weighted by Gasteiger charge is 2.39. The predicted octanol–water partition coefficient (Wildman–Crippen LogP) is 6.21. The van der Waals surface area contributed by atoms with E-state index in [9.17, 15) is 14.4 Å². The summed E-state index contributed by atoms with van der Waals surface area (Å²) in [5.74, 6) is 0.104. The number of nitrogens with one attached hydrogen (secondary N) is 1. The Morgan fingerprint density at radius 1 is 0.825 bits per heavy atom. The summed E-state index contributed by atoms with van der Waals surface area (Å²) in [7, 11) is 0. The molecule has 2 saturated carbocycles. The number of rotatable bonds is 8. The maximum atomic E-state index is 13.2. The first-order valence-corrected chi connectivity index (χ1v) is 16.3. The molecule has 212 valence electrons. The Balaban J connectivity index is 1.14. The molecule has 2 aliphatic heterocycles. The van der Waals surface area contributed by atoms with Crippen LogP contribution in [-0.2, 0) is 28.4 Å². The molecule has 6 rings (SSSR count). The molecule has 1 unspecified atom stereocenters. The van der Waals surface area contributed by atoms with Gasteiger partial charge in [-0.05, 0) is 60.9 Å². The van der Waals surface area contributed by atoms with Crippen molar-refractivity contribution in [2.75, 3.05) is 0 Å². The maximum Gasteiger partial charge on any atom is 0.255 e. The SMILES string of the molecule is O=C1CCC(N2Cc3c(SCc4cccc(CN(C5CCCCC5)C5CCCCC5)c4)cccc3C2=O)C(=O)N1. The summed E-state index contributed by atoms with van der Waals surface area (Å²) in [6, 6.07) is 15.9. The van der Waals surface area contributed by atoms with E-state index in [-0.39, 0.29) is 24.1 Å². The van der Waals surface area contributed by atoms with Crippen molar-refractivity contribution >= 4 is 29.5 Å². The van der Waals surface area contributed by atoms with Crippen LogP contribution in [0.3, 0.4) is 0 Å². The standard InChI is InChI=1S/C33H41N3O3S/c37-31-18-17-29(32(38)34-31)36-21-28-27(33(36)39)15-8-16-30(28)40-22-24-10-7-9-23(19-24)20-35(25-11-3-1-4-12-25)26-13-5-2-6-14-26/h7-10,15-16,19,25-26,29H,1-6,11-14,17-18,20-22H2,(H,34,37,38). The topological polar surface area (TPSA) is 69.7 Å². The van der Waals surface area contributed by atoms with Crippen LogP contribution in [-0.4, -0.2) is 45.6 Å². The molecule has 2 aliphatic carbocycles. The minimum absolute atomic E-state index is 0.112. The minimum atomic E-state index is -0.580. The zero-order valence-electron chi connectivity index (χ0n) is 23.4. The molecule has 0 bridgehead atoms. The molecule has 6 nitrogen and oxygen atoms in total. The number of hydrogen-bond donors (Lipinski definition) is 1. The highest BCUT2D eigenvalue weighted by atomic mass is 32.2. The number of hydrogen-bond acceptors (Lipinski definition) is 5. The fourth-order valence-electron chi connectivity index (χ4n) is 7.26. The molecule has 1 saturated heterocycles. The van der Waals surface area contributed by atoms with Gasteiger partial charge < -0.3 is 4.90 Å². The Bertz CT molecular complexity index is 1230. The second-order valence-corrected chi connectivity index (χ2v) is 13.1. The van der Waals surface area contributed by atoms with Crippen molar-refractivity contribution in [2.24, 2.45) is 0 Å². The van der Waals surface area contributed by atoms with Crippen LogP contribution in [0, 0.1) is 0 Å². The second kappa shape index (κ2) is 12.5. The van der Waals surface area contributed by atoms with E-state index in [0.29, 0.717) is 18.5 Å². The number of carbonyl (C=O) groups excluding carboxylic acids is 3. The second-order valence-electron chi connectivity index (χ2n) is 12.0. The summed E-state index contributed by atoms with van der Waals surface area (Å²) in [5, 5.41) is 2.39. The zero-order valence-corrected chi connectivity index (χ0v) is 24.2. The molecule has 3 amide bonds. The molecular formula is C33H41N3O3S. The fraction of sp³-hybridized carbons (Fsp3) is 0.545. The molecule has 0 spiro atoms. The normalized spacial score (nSPS) is 22.6. The number of carbonyl (C=O) groups is 3. The number of benzene rings is 2. The molecule has 0 radical (unpaired) electrons. The van der Waals surface area contributed by atoms with Crippen molar-refractivity contribution in [2.45, 2.75) is 119 Å². The van der Waals surface area contributed by atoms with E-state index in [0.717, 1.165) is 34.8 Å². The fourth-order valence-corrected chi connectivity index (χ4v) is 8.29. The van der Waals surface area contributed by atoms with E-state index >= 15 is 0 Å². The van der Waals surface area contributed by atoms with Gasteiger partial charge in [0.25, 0.3) is 5.91 Å². The van der Waals surface area contributed by atoms with Gasteiger partial charge in [0, 0.05) is 47.8 Å². The van der Waals surface area contributed by atoms with Gasteiger partial charge in [0.05, 0.1) is 0 Å². The van der Waals surface area contributed by atoms with E-state index in [4.69, 9.17) is 0 Å². The maximum absolute atomic E-state index is 13.2. The molecule has 0 aromatic heterocycles. The molecule has 7 heteroatoms. The largest absolute Gasteiger partial charge is 0.322 e. The summed E-state index contributed by atoms with van der Waals surface area (Å²) < 4.78 is 0. The Hall–Kier alpha value is -2.64. The van der Waals surface area contributed by atoms with Crippen LogP contribution in [0.2, 0.25) is 0 Å². The lowest BCUT2D eigenvalue weighted by atomic mass is 9.88. The molecule has 1 atom stereocenters. The summed E-state index contributed by atoms with van der Waals surface area (Å²) in [5.41, 5.74) is 4.39. The van der Waals surface area contributed by atoms with Gasteiger partial charge in [-0.1, -0.05) is 68.9 Å². The Labute approximate surface area is 242 Å². The molecule has 2 aromatic rings. The van der Waals surface area contributed by atoms with Gasteiger partial charge in [-0.15, -0.1) is 11.8 Å². The lowest BCUT2D eigenvalue weighted by Gasteiger charge is -2.42. The lowest BCUT2D eigenvalue weighted by Crippen LogP contribution is -2.52. The van der Waals surface area contributed by atoms with E-state index in [1.807, 2.05) is 12.1 Å². The predicted molar refractivity (Wildman–Crippen MR) is 158 cm³/mol. The number of imide groups is 1. The van der Waals surface area contributed by atoms with E-state index < -0.39 is 6.04 Å². The zero-order chi connectivity index (χ0) is 27.5. The Kier molecular flexibility index (Phi) is 8.59. The molecule has 4 aliphatic rings. The van der Waals surface area contributed by atoms with Gasteiger partial charge in [0.15, 0.2) is 0 Å². The monoisotopic (exact) mass is 559 g/mol. The van der Waals surface area contributed by atoms with Crippen LogP contribution < -0.4 is 5.32 Å². The van der Waals surface area contributed by atoms with Crippen molar-refractivity contribution in [1.29, 1.82) is 0 Å². The van der Waals surface area contributed by atoms with Crippen molar-refractivity contribution in [1.82, 2.24) is 15.1 Å². The van der Waals surface area contributed by atoms with Gasteiger partial charge in [-0.25, -0.2) is 0 Å². The Morgan fingerprint density at radius 2 is 1.50 bits per heavy atom. The first-order valence-electron chi connectivity index (χ1n) is 15.3. The van der Waals surface area contributed by atoms with Crippen LogP contribution in [0.25, 0.3) is 0 Å². The summed E-state index contributed by atoms with van der Waals surface area (Å²) >= 11 is 1.77. The quantitative estimate of drug-likeness (QED) is 0.308. The van der Waals surface area contributed by atoms with Crippen molar-refractivity contribution < 1.29 is 14.4 Å². The molecule has 2 aromatic carbocycles. The number of amides is 3. The van der Waals surface area contributed by atoms with Gasteiger partial charge >= 0.3 is 0 Å². The van der Waals surface area contributed by atoms with E-state index in [1.165, 1.54) is 75.3 Å². The highest BCUT2D eigenvalue weighted by Crippen LogP contribution is 2.36. The van der Waals surface area contributed by atoms with Crippen molar-refractivity contribution in [3.63, 3.8) is 0 Å². The summed E-state index contributed by atoms with van der Waals surface area (Å²) in [6.07, 6.45) is 14.3. The van der Waals surface area contributed by atoms with Crippen molar-refractivity contribution in [3.8, 4) is 0 Å². The van der Waals surface area contributed by atoms with Gasteiger partial charge in [0.2, 0.25) is 11.8 Å². The smallest absolute Gasteiger partial charge is 0.255 e. The molecule has 1 N–H and O–H groups in total. The average Bonchev–Trinajstić information content (AvgIpc) is 3.32. The van der Waals surface area contributed by atoms with E-state index in [2.05, 4.69) is 40.5 Å². The third-order valence-corrected chi connectivity index (χ3v) is 10.5. The van der Waals surface area contributed by atoms with Crippen LogP contribution in [0.1, 0.15) is 104 Å². The molecular weight excluding hydrogens is 518 g/mol. The minimum Gasteiger partial charge on any atom is -0.322 e. The van der Waals surface area contributed by atoms with Crippen LogP contribution in [0.5, 0.6) is 0 Å². The van der Waals surface area contributed by atoms with Crippen LogP contribution in [0.4, 0.5) is 0 Å². The van der Waals surface area contributed by atoms with Gasteiger partial charge in [-0.2, -0.15) is 0 Å². The van der Waals surface area contributed by atoms with Gasteiger partial charge in [0.1, 0.15) is 6.04 Å². The van der Waals surface area contributed by atoms with Crippen LogP contribution >= 0.6 is 11.8 Å². The highest BCUT2D eigenvalue weighted by molar-refractivity contribution is 7.98. The average molecular weight is 560 g/mol. The number of piperidine rings is 1. The number of nitrogens with zero attached hydrogens (tertiary/aromatic N) is 2.